The molecule has 1 heterocycles. The number of rotatable bonds is 2. The summed E-state index contributed by atoms with van der Waals surface area (Å²) in [5.41, 5.74) is 2.95. The Bertz CT molecular complexity index is 372. The highest BCUT2D eigenvalue weighted by Gasteiger charge is 2.16. The van der Waals surface area contributed by atoms with E-state index in [-0.39, 0.29) is 5.78 Å². The molecule has 1 unspecified atom stereocenters. The molecule has 14 heavy (non-hydrogen) atoms. The standard InChI is InChI=1S/C11H11ClO2/c1-7(12)11(13)8-2-3-9-5-14-6-10(9)4-8/h2-4,7H,5-6H2,1H3. The SMILES string of the molecule is CC(Cl)C(=O)c1ccc2c(c1)COC2. The van der Waals surface area contributed by atoms with Crippen molar-refractivity contribution in [1.82, 2.24) is 0 Å². The predicted octanol–water partition coefficient (Wildman–Crippen LogP) is 2.53. The summed E-state index contributed by atoms with van der Waals surface area (Å²) in [6, 6.07) is 5.63. The summed E-state index contributed by atoms with van der Waals surface area (Å²) < 4.78 is 5.27. The second kappa shape index (κ2) is 3.71. The van der Waals surface area contributed by atoms with Crippen LogP contribution in [0.2, 0.25) is 0 Å². The molecule has 1 aromatic carbocycles. The van der Waals surface area contributed by atoms with Gasteiger partial charge in [-0.3, -0.25) is 4.79 Å². The van der Waals surface area contributed by atoms with Crippen molar-refractivity contribution in [2.24, 2.45) is 0 Å². The molecule has 74 valence electrons. The lowest BCUT2D eigenvalue weighted by molar-refractivity contribution is 0.0991. The molecule has 0 aliphatic carbocycles. The smallest absolute Gasteiger partial charge is 0.180 e. The molecular formula is C11H11ClO2. The molecule has 0 aromatic heterocycles. The van der Waals surface area contributed by atoms with E-state index < -0.39 is 5.38 Å². The summed E-state index contributed by atoms with van der Waals surface area (Å²) in [5.74, 6) is -0.0265. The lowest BCUT2D eigenvalue weighted by Crippen LogP contribution is -2.10. The summed E-state index contributed by atoms with van der Waals surface area (Å²) in [6.45, 7) is 2.95. The fraction of sp³-hybridized carbons (Fsp3) is 0.364. The van der Waals surface area contributed by atoms with Crippen molar-refractivity contribution in [3.63, 3.8) is 0 Å². The Balaban J connectivity index is 2.33. The molecule has 0 radical (unpaired) electrons. The van der Waals surface area contributed by atoms with E-state index in [1.807, 2.05) is 18.2 Å². The van der Waals surface area contributed by atoms with Crippen LogP contribution in [0.1, 0.15) is 28.4 Å². The van der Waals surface area contributed by atoms with Gasteiger partial charge in [0, 0.05) is 5.56 Å². The lowest BCUT2D eigenvalue weighted by atomic mass is 10.0. The van der Waals surface area contributed by atoms with E-state index in [1.54, 1.807) is 6.92 Å². The fourth-order valence-electron chi connectivity index (χ4n) is 1.55. The quantitative estimate of drug-likeness (QED) is 0.554. The maximum atomic E-state index is 11.6. The van der Waals surface area contributed by atoms with Crippen LogP contribution in [0.4, 0.5) is 0 Å². The number of benzene rings is 1. The van der Waals surface area contributed by atoms with Gasteiger partial charge in [0.15, 0.2) is 5.78 Å². The van der Waals surface area contributed by atoms with Crippen LogP contribution in [0.3, 0.4) is 0 Å². The normalized spacial score (nSPS) is 16.4. The summed E-state index contributed by atoms with van der Waals surface area (Å²) in [5, 5.41) is -0.463. The van der Waals surface area contributed by atoms with Gasteiger partial charge in [0.05, 0.1) is 18.6 Å². The largest absolute Gasteiger partial charge is 0.372 e. The highest BCUT2D eigenvalue weighted by Crippen LogP contribution is 2.21. The van der Waals surface area contributed by atoms with Gasteiger partial charge in [-0.25, -0.2) is 0 Å². The Morgan fingerprint density at radius 1 is 1.43 bits per heavy atom. The number of ketones is 1. The van der Waals surface area contributed by atoms with Gasteiger partial charge in [-0.05, 0) is 24.1 Å². The number of hydrogen-bond acceptors (Lipinski definition) is 2. The molecule has 0 saturated heterocycles. The fourth-order valence-corrected chi connectivity index (χ4v) is 1.68. The molecule has 0 fully saturated rings. The third-order valence-corrected chi connectivity index (χ3v) is 2.57. The second-order valence-electron chi connectivity index (χ2n) is 3.46. The van der Waals surface area contributed by atoms with Gasteiger partial charge in [0.1, 0.15) is 0 Å². The summed E-state index contributed by atoms with van der Waals surface area (Å²) >= 11 is 5.73. The Morgan fingerprint density at radius 2 is 2.14 bits per heavy atom. The number of hydrogen-bond donors (Lipinski definition) is 0. The van der Waals surface area contributed by atoms with Crippen molar-refractivity contribution < 1.29 is 9.53 Å². The van der Waals surface area contributed by atoms with Crippen molar-refractivity contribution in [3.05, 3.63) is 34.9 Å². The van der Waals surface area contributed by atoms with E-state index >= 15 is 0 Å². The average Bonchev–Trinajstić information content (AvgIpc) is 2.62. The minimum absolute atomic E-state index is 0.0265. The van der Waals surface area contributed by atoms with Crippen LogP contribution >= 0.6 is 11.6 Å². The van der Waals surface area contributed by atoms with Gasteiger partial charge in [0.25, 0.3) is 0 Å². The van der Waals surface area contributed by atoms with Crippen LogP contribution in [-0.4, -0.2) is 11.2 Å². The molecule has 1 atom stereocenters. The number of ether oxygens (including phenoxy) is 1. The number of halogens is 1. The molecule has 0 bridgehead atoms. The second-order valence-corrected chi connectivity index (χ2v) is 4.11. The van der Waals surface area contributed by atoms with Crippen molar-refractivity contribution >= 4 is 17.4 Å². The van der Waals surface area contributed by atoms with Crippen LogP contribution in [0.15, 0.2) is 18.2 Å². The first-order chi connectivity index (χ1) is 6.68. The van der Waals surface area contributed by atoms with Gasteiger partial charge in [-0.1, -0.05) is 12.1 Å². The number of Topliss-reactive ketones (excluding diaryl/α,β-unsaturated/α-hetero) is 1. The third-order valence-electron chi connectivity index (χ3n) is 2.37. The first-order valence-corrected chi connectivity index (χ1v) is 5.00. The molecule has 1 aliphatic heterocycles. The molecular weight excluding hydrogens is 200 g/mol. The van der Waals surface area contributed by atoms with Gasteiger partial charge < -0.3 is 4.74 Å². The van der Waals surface area contributed by atoms with Crippen LogP contribution < -0.4 is 0 Å². The molecule has 1 aromatic rings. The summed E-state index contributed by atoms with van der Waals surface area (Å²) in [6.07, 6.45) is 0. The zero-order valence-electron chi connectivity index (χ0n) is 7.92. The van der Waals surface area contributed by atoms with E-state index in [2.05, 4.69) is 0 Å². The minimum atomic E-state index is -0.463. The Morgan fingerprint density at radius 3 is 2.86 bits per heavy atom. The van der Waals surface area contributed by atoms with Crippen LogP contribution in [0.5, 0.6) is 0 Å². The van der Waals surface area contributed by atoms with Gasteiger partial charge in [-0.2, -0.15) is 0 Å². The topological polar surface area (TPSA) is 26.3 Å². The molecule has 3 heteroatoms. The number of carbonyl (C=O) groups is 1. The Hall–Kier alpha value is -0.860. The van der Waals surface area contributed by atoms with Gasteiger partial charge in [0.2, 0.25) is 0 Å². The maximum absolute atomic E-state index is 11.6. The molecule has 0 saturated carbocycles. The van der Waals surface area contributed by atoms with Crippen molar-refractivity contribution in [2.75, 3.05) is 0 Å². The van der Waals surface area contributed by atoms with E-state index in [1.165, 1.54) is 5.56 Å². The van der Waals surface area contributed by atoms with Crippen LogP contribution in [-0.2, 0) is 18.0 Å². The Labute approximate surface area is 87.8 Å². The molecule has 2 rings (SSSR count). The molecule has 0 amide bonds. The van der Waals surface area contributed by atoms with Crippen molar-refractivity contribution in [2.45, 2.75) is 25.5 Å². The zero-order chi connectivity index (χ0) is 10.1. The van der Waals surface area contributed by atoms with Crippen LogP contribution in [0, 0.1) is 0 Å². The van der Waals surface area contributed by atoms with Crippen LogP contribution in [0.25, 0.3) is 0 Å². The Kier molecular flexibility index (Phi) is 2.57. The third kappa shape index (κ3) is 1.68. The molecule has 2 nitrogen and oxygen atoms in total. The minimum Gasteiger partial charge on any atom is -0.372 e. The molecule has 0 spiro atoms. The average molecular weight is 211 g/mol. The zero-order valence-corrected chi connectivity index (χ0v) is 8.67. The molecule has 1 aliphatic rings. The summed E-state index contributed by atoms with van der Waals surface area (Å²) in [4.78, 5) is 11.6. The first kappa shape index (κ1) is 9.69. The number of carbonyl (C=O) groups excluding carboxylic acids is 1. The number of fused-ring (bicyclic) bond motifs is 1. The first-order valence-electron chi connectivity index (χ1n) is 4.56. The monoisotopic (exact) mass is 210 g/mol. The summed E-state index contributed by atoms with van der Waals surface area (Å²) in [7, 11) is 0. The maximum Gasteiger partial charge on any atom is 0.180 e. The molecule has 0 N–H and O–H groups in total. The predicted molar refractivity (Wildman–Crippen MR) is 54.6 cm³/mol. The highest BCUT2D eigenvalue weighted by molar-refractivity contribution is 6.33. The highest BCUT2D eigenvalue weighted by atomic mass is 35.5. The van der Waals surface area contributed by atoms with E-state index in [0.717, 1.165) is 5.56 Å². The number of alkyl halides is 1. The van der Waals surface area contributed by atoms with E-state index in [0.29, 0.717) is 18.8 Å². The van der Waals surface area contributed by atoms with E-state index in [9.17, 15) is 4.79 Å². The van der Waals surface area contributed by atoms with Gasteiger partial charge in [-0.15, -0.1) is 11.6 Å². The van der Waals surface area contributed by atoms with Crippen molar-refractivity contribution in [3.8, 4) is 0 Å². The van der Waals surface area contributed by atoms with E-state index in [4.69, 9.17) is 16.3 Å². The van der Waals surface area contributed by atoms with Crippen molar-refractivity contribution in [1.29, 1.82) is 0 Å². The lowest BCUT2D eigenvalue weighted by Gasteiger charge is -2.04. The van der Waals surface area contributed by atoms with Gasteiger partial charge >= 0.3 is 0 Å².